The van der Waals surface area contributed by atoms with Gasteiger partial charge in [0.05, 0.1) is 32.0 Å². The number of Topliss-reactive ketones (excluding diaryl/α,β-unsaturated/α-hetero) is 1. The van der Waals surface area contributed by atoms with E-state index in [2.05, 4.69) is 10.3 Å². The molecule has 1 aromatic heterocycles. The Morgan fingerprint density at radius 3 is 2.08 bits per heavy atom. The number of nitro groups is 2. The van der Waals surface area contributed by atoms with Crippen LogP contribution < -0.4 is 5.32 Å². The Labute approximate surface area is 138 Å². The molecule has 1 amide bonds. The molecule has 0 fully saturated rings. The second-order valence-corrected chi connectivity index (χ2v) is 5.70. The summed E-state index contributed by atoms with van der Waals surface area (Å²) in [4.78, 5) is 48.0. The zero-order valence-electron chi connectivity index (χ0n) is 12.4. The third-order valence-corrected chi connectivity index (χ3v) is 4.10. The first kappa shape index (κ1) is 17.1. The maximum atomic E-state index is 12.2. The standard InChI is InChI=1S/C13H10N4O6S/c1-6-11(7(2)18)24-13(14-6)15-12(19)8-3-9(16(20)21)5-10(4-8)17(22)23/h3-5H,1-2H3,(H,14,15,19). The molecule has 0 aliphatic heterocycles. The van der Waals surface area contributed by atoms with Gasteiger partial charge in [0, 0.05) is 19.1 Å². The van der Waals surface area contributed by atoms with Gasteiger partial charge in [0.25, 0.3) is 17.3 Å². The fourth-order valence-corrected chi connectivity index (χ4v) is 2.74. The highest BCUT2D eigenvalue weighted by Gasteiger charge is 2.21. The van der Waals surface area contributed by atoms with E-state index in [0.29, 0.717) is 10.6 Å². The van der Waals surface area contributed by atoms with Crippen LogP contribution >= 0.6 is 11.3 Å². The fraction of sp³-hybridized carbons (Fsp3) is 0.154. The molecule has 124 valence electrons. The lowest BCUT2D eigenvalue weighted by atomic mass is 10.1. The Bertz CT molecular complexity index is 843. The van der Waals surface area contributed by atoms with E-state index in [1.165, 1.54) is 6.92 Å². The highest BCUT2D eigenvalue weighted by molar-refractivity contribution is 7.17. The van der Waals surface area contributed by atoms with Crippen molar-refractivity contribution < 1.29 is 19.4 Å². The Hall–Kier alpha value is -3.21. The van der Waals surface area contributed by atoms with Crippen LogP contribution in [0.4, 0.5) is 16.5 Å². The van der Waals surface area contributed by atoms with Crippen LogP contribution in [0.1, 0.15) is 32.6 Å². The van der Waals surface area contributed by atoms with Gasteiger partial charge in [0.2, 0.25) is 0 Å². The van der Waals surface area contributed by atoms with Gasteiger partial charge in [0.15, 0.2) is 10.9 Å². The molecule has 0 spiro atoms. The number of hydrogen-bond donors (Lipinski definition) is 1. The first-order valence-electron chi connectivity index (χ1n) is 6.42. The molecule has 0 bridgehead atoms. The molecule has 0 saturated carbocycles. The predicted molar refractivity (Wildman–Crippen MR) is 84.6 cm³/mol. The lowest BCUT2D eigenvalue weighted by Crippen LogP contribution is -2.12. The summed E-state index contributed by atoms with van der Waals surface area (Å²) in [5.74, 6) is -1.01. The summed E-state index contributed by atoms with van der Waals surface area (Å²) in [5, 5.41) is 24.2. The molecule has 2 rings (SSSR count). The number of carbonyl (C=O) groups excluding carboxylic acids is 2. The zero-order valence-corrected chi connectivity index (χ0v) is 13.2. The maximum absolute atomic E-state index is 12.2. The predicted octanol–water partition coefficient (Wildman–Crippen LogP) is 2.72. The minimum absolute atomic E-state index is 0.122. The summed E-state index contributed by atoms with van der Waals surface area (Å²) in [7, 11) is 0. The van der Waals surface area contributed by atoms with Gasteiger partial charge in [-0.25, -0.2) is 4.98 Å². The van der Waals surface area contributed by atoms with Crippen molar-refractivity contribution in [3.63, 3.8) is 0 Å². The van der Waals surface area contributed by atoms with Crippen LogP contribution in [-0.4, -0.2) is 26.5 Å². The number of amides is 1. The fourth-order valence-electron chi connectivity index (χ4n) is 1.88. The van der Waals surface area contributed by atoms with Crippen molar-refractivity contribution in [1.82, 2.24) is 4.98 Å². The van der Waals surface area contributed by atoms with Crippen LogP contribution in [0.15, 0.2) is 18.2 Å². The number of ketones is 1. The molecule has 1 N–H and O–H groups in total. The molecule has 1 aromatic carbocycles. The Balaban J connectivity index is 2.35. The summed E-state index contributed by atoms with van der Waals surface area (Å²) in [6.07, 6.45) is 0. The summed E-state index contributed by atoms with van der Waals surface area (Å²) in [6.45, 7) is 2.96. The first-order chi connectivity index (χ1) is 11.2. The van der Waals surface area contributed by atoms with Gasteiger partial charge in [0.1, 0.15) is 0 Å². The van der Waals surface area contributed by atoms with Crippen LogP contribution in [0.5, 0.6) is 0 Å². The van der Waals surface area contributed by atoms with Gasteiger partial charge in [-0.05, 0) is 6.92 Å². The number of nitrogens with one attached hydrogen (secondary N) is 1. The average molecular weight is 350 g/mol. The maximum Gasteiger partial charge on any atom is 0.277 e. The molecule has 2 aromatic rings. The number of aryl methyl sites for hydroxylation is 1. The number of hydrogen-bond acceptors (Lipinski definition) is 8. The van der Waals surface area contributed by atoms with Crippen LogP contribution in [-0.2, 0) is 0 Å². The van der Waals surface area contributed by atoms with E-state index in [-0.39, 0.29) is 16.5 Å². The highest BCUT2D eigenvalue weighted by Crippen LogP contribution is 2.26. The quantitative estimate of drug-likeness (QED) is 0.495. The number of thiazole rings is 1. The second kappa shape index (κ2) is 6.50. The third-order valence-electron chi connectivity index (χ3n) is 2.92. The number of anilines is 1. The molecule has 0 aliphatic rings. The Morgan fingerprint density at radius 1 is 1.12 bits per heavy atom. The molecule has 24 heavy (non-hydrogen) atoms. The summed E-state index contributed by atoms with van der Waals surface area (Å²) in [6, 6.07) is 2.61. The zero-order chi connectivity index (χ0) is 18.0. The van der Waals surface area contributed by atoms with Crippen molar-refractivity contribution in [3.8, 4) is 0 Å². The van der Waals surface area contributed by atoms with Crippen molar-refractivity contribution in [2.75, 3.05) is 5.32 Å². The van der Waals surface area contributed by atoms with Gasteiger partial charge < -0.3 is 0 Å². The molecule has 11 heteroatoms. The van der Waals surface area contributed by atoms with Crippen molar-refractivity contribution in [2.24, 2.45) is 0 Å². The molecule has 0 atom stereocenters. The largest absolute Gasteiger partial charge is 0.298 e. The molecule has 0 saturated heterocycles. The van der Waals surface area contributed by atoms with E-state index in [1.807, 2.05) is 0 Å². The first-order valence-corrected chi connectivity index (χ1v) is 7.24. The molecular weight excluding hydrogens is 340 g/mol. The van der Waals surface area contributed by atoms with Gasteiger partial charge in [-0.3, -0.25) is 35.1 Å². The molecular formula is C13H10N4O6S. The van der Waals surface area contributed by atoms with Crippen LogP contribution in [0.25, 0.3) is 0 Å². The van der Waals surface area contributed by atoms with Crippen molar-refractivity contribution in [3.05, 3.63) is 54.6 Å². The molecule has 1 heterocycles. The number of rotatable bonds is 5. The van der Waals surface area contributed by atoms with Crippen LogP contribution in [0.3, 0.4) is 0 Å². The van der Waals surface area contributed by atoms with E-state index in [9.17, 15) is 29.8 Å². The van der Waals surface area contributed by atoms with Crippen LogP contribution in [0.2, 0.25) is 0 Å². The number of non-ortho nitro benzene ring substituents is 2. The summed E-state index contributed by atoms with van der Waals surface area (Å²) in [5.41, 5.74) is -0.968. The molecule has 0 aliphatic carbocycles. The van der Waals surface area contributed by atoms with Gasteiger partial charge in [-0.15, -0.1) is 0 Å². The molecule has 10 nitrogen and oxygen atoms in total. The molecule has 0 unspecified atom stereocenters. The summed E-state index contributed by atoms with van der Waals surface area (Å²) < 4.78 is 0. The number of aromatic nitrogens is 1. The van der Waals surface area contributed by atoms with E-state index < -0.39 is 27.1 Å². The highest BCUT2D eigenvalue weighted by atomic mass is 32.1. The van der Waals surface area contributed by atoms with Crippen molar-refractivity contribution in [2.45, 2.75) is 13.8 Å². The van der Waals surface area contributed by atoms with Gasteiger partial charge in [-0.2, -0.15) is 0 Å². The Kier molecular flexibility index (Phi) is 4.64. The number of carbonyl (C=O) groups is 2. The minimum atomic E-state index is -0.828. The van der Waals surface area contributed by atoms with E-state index >= 15 is 0 Å². The average Bonchev–Trinajstić information content (AvgIpc) is 2.87. The SMILES string of the molecule is CC(=O)c1sc(NC(=O)c2cc([N+](=O)[O-])cc([N+](=O)[O-])c2)nc1C. The number of nitro benzene ring substituents is 2. The smallest absolute Gasteiger partial charge is 0.277 e. The third kappa shape index (κ3) is 3.57. The topological polar surface area (TPSA) is 145 Å². The lowest BCUT2D eigenvalue weighted by molar-refractivity contribution is -0.394. The van der Waals surface area contributed by atoms with E-state index in [4.69, 9.17) is 0 Å². The summed E-state index contributed by atoms with van der Waals surface area (Å²) >= 11 is 0.951. The van der Waals surface area contributed by atoms with E-state index in [1.54, 1.807) is 6.92 Å². The molecule has 0 radical (unpaired) electrons. The van der Waals surface area contributed by atoms with Gasteiger partial charge in [-0.1, -0.05) is 11.3 Å². The van der Waals surface area contributed by atoms with Crippen molar-refractivity contribution >= 4 is 39.5 Å². The van der Waals surface area contributed by atoms with Gasteiger partial charge >= 0.3 is 0 Å². The van der Waals surface area contributed by atoms with Crippen molar-refractivity contribution in [1.29, 1.82) is 0 Å². The second-order valence-electron chi connectivity index (χ2n) is 4.70. The number of nitrogens with zero attached hydrogens (tertiary/aromatic N) is 3. The Morgan fingerprint density at radius 2 is 1.67 bits per heavy atom. The minimum Gasteiger partial charge on any atom is -0.298 e. The van der Waals surface area contributed by atoms with E-state index in [0.717, 1.165) is 29.5 Å². The monoisotopic (exact) mass is 350 g/mol. The number of benzene rings is 1. The lowest BCUT2D eigenvalue weighted by Gasteiger charge is -2.02. The normalized spacial score (nSPS) is 10.2. The van der Waals surface area contributed by atoms with Crippen LogP contribution in [0, 0.1) is 27.2 Å².